The topological polar surface area (TPSA) is 58.2 Å². The van der Waals surface area contributed by atoms with Gasteiger partial charge in [0.25, 0.3) is 5.91 Å². The van der Waals surface area contributed by atoms with E-state index < -0.39 is 41.4 Å². The second-order valence-electron chi connectivity index (χ2n) is 4.92. The summed E-state index contributed by atoms with van der Waals surface area (Å²) in [6.07, 6.45) is 0. The fourth-order valence-corrected chi connectivity index (χ4v) is 2.01. The summed E-state index contributed by atoms with van der Waals surface area (Å²) in [4.78, 5) is 23.5. The third-order valence-electron chi connectivity index (χ3n) is 3.14. The molecule has 8 heteroatoms. The molecule has 0 atom stereocenters. The van der Waals surface area contributed by atoms with Gasteiger partial charge in [0.15, 0.2) is 17.5 Å². The molecule has 0 aliphatic heterocycles. The Balaban J connectivity index is 1.97. The summed E-state index contributed by atoms with van der Waals surface area (Å²) in [5.74, 6) is -6.40. The molecule has 24 heavy (non-hydrogen) atoms. The molecule has 0 aromatic heterocycles. The van der Waals surface area contributed by atoms with Crippen molar-refractivity contribution in [1.82, 2.24) is 5.32 Å². The summed E-state index contributed by atoms with van der Waals surface area (Å²) in [6, 6.07) is 6.28. The van der Waals surface area contributed by atoms with Crippen LogP contribution in [0, 0.1) is 24.4 Å². The zero-order valence-corrected chi connectivity index (χ0v) is 13.2. The lowest BCUT2D eigenvalue weighted by molar-refractivity contribution is -0.115. The van der Waals surface area contributed by atoms with Crippen LogP contribution in [0.2, 0.25) is 5.02 Å². The van der Waals surface area contributed by atoms with Gasteiger partial charge in [0, 0.05) is 10.7 Å². The fourth-order valence-electron chi connectivity index (χ4n) is 1.83. The molecule has 0 saturated carbocycles. The molecule has 2 aromatic carbocycles. The Kier molecular flexibility index (Phi) is 5.46. The van der Waals surface area contributed by atoms with Crippen molar-refractivity contribution in [3.63, 3.8) is 0 Å². The molecule has 0 saturated heterocycles. The molecule has 2 N–H and O–H groups in total. The molecule has 0 aliphatic rings. The van der Waals surface area contributed by atoms with Gasteiger partial charge in [-0.25, -0.2) is 13.2 Å². The first-order valence-corrected chi connectivity index (χ1v) is 7.15. The van der Waals surface area contributed by atoms with Gasteiger partial charge in [0.2, 0.25) is 5.91 Å². The molecule has 2 aromatic rings. The second-order valence-corrected chi connectivity index (χ2v) is 5.32. The van der Waals surface area contributed by atoms with E-state index in [0.29, 0.717) is 16.8 Å². The number of benzene rings is 2. The number of nitrogens with one attached hydrogen (secondary N) is 2. The van der Waals surface area contributed by atoms with E-state index in [9.17, 15) is 22.8 Å². The molecule has 0 bridgehead atoms. The van der Waals surface area contributed by atoms with Crippen LogP contribution in [0.15, 0.2) is 30.3 Å². The average Bonchev–Trinajstić information content (AvgIpc) is 2.54. The lowest BCUT2D eigenvalue weighted by atomic mass is 10.2. The van der Waals surface area contributed by atoms with Crippen LogP contribution < -0.4 is 10.6 Å². The lowest BCUT2D eigenvalue weighted by Gasteiger charge is -2.09. The summed E-state index contributed by atoms with van der Waals surface area (Å²) in [6.45, 7) is 1.31. The zero-order chi connectivity index (χ0) is 17.9. The van der Waals surface area contributed by atoms with Gasteiger partial charge in [0.05, 0.1) is 12.1 Å². The van der Waals surface area contributed by atoms with E-state index in [1.807, 2.05) is 0 Å². The highest BCUT2D eigenvalue weighted by molar-refractivity contribution is 6.31. The first-order valence-electron chi connectivity index (χ1n) is 6.77. The Morgan fingerprint density at radius 3 is 2.46 bits per heavy atom. The van der Waals surface area contributed by atoms with Crippen LogP contribution in [0.5, 0.6) is 0 Å². The van der Waals surface area contributed by atoms with Crippen molar-refractivity contribution in [2.45, 2.75) is 6.92 Å². The number of carbonyl (C=O) groups excluding carboxylic acids is 2. The summed E-state index contributed by atoms with van der Waals surface area (Å²) >= 11 is 5.92. The molecule has 0 radical (unpaired) electrons. The molecular formula is C16H12ClF3N2O2. The summed E-state index contributed by atoms with van der Waals surface area (Å²) in [5.41, 5.74) is 0.556. The van der Waals surface area contributed by atoms with E-state index in [1.165, 1.54) is 6.07 Å². The minimum atomic E-state index is -1.75. The van der Waals surface area contributed by atoms with Crippen molar-refractivity contribution in [2.75, 3.05) is 11.9 Å². The quantitative estimate of drug-likeness (QED) is 0.825. The number of hydrogen-bond donors (Lipinski definition) is 2. The molecule has 0 aliphatic carbocycles. The molecular weight excluding hydrogens is 345 g/mol. The number of hydrogen-bond acceptors (Lipinski definition) is 2. The monoisotopic (exact) mass is 356 g/mol. The van der Waals surface area contributed by atoms with Crippen molar-refractivity contribution in [2.24, 2.45) is 0 Å². The predicted molar refractivity (Wildman–Crippen MR) is 83.5 cm³/mol. The van der Waals surface area contributed by atoms with Gasteiger partial charge in [-0.3, -0.25) is 9.59 Å². The van der Waals surface area contributed by atoms with Crippen molar-refractivity contribution in [1.29, 1.82) is 0 Å². The first kappa shape index (κ1) is 17.8. The van der Waals surface area contributed by atoms with E-state index in [2.05, 4.69) is 10.6 Å². The van der Waals surface area contributed by atoms with Crippen LogP contribution >= 0.6 is 11.6 Å². The van der Waals surface area contributed by atoms with Gasteiger partial charge >= 0.3 is 0 Å². The SMILES string of the molecule is Cc1ccc(NC(=O)CNC(=O)c2ccc(F)c(F)c2F)cc1Cl. The normalized spacial score (nSPS) is 10.4. The number of halogens is 4. The molecule has 0 unspecified atom stereocenters. The standard InChI is InChI=1S/C16H12ClF3N2O2/c1-8-2-3-9(6-11(8)17)22-13(23)7-21-16(24)10-4-5-12(18)15(20)14(10)19/h2-6H,7H2,1H3,(H,21,24)(H,22,23). The molecule has 2 rings (SSSR count). The molecule has 4 nitrogen and oxygen atoms in total. The van der Waals surface area contributed by atoms with Crippen molar-refractivity contribution in [3.05, 3.63) is 63.9 Å². The Hall–Kier alpha value is -2.54. The highest BCUT2D eigenvalue weighted by Gasteiger charge is 2.19. The summed E-state index contributed by atoms with van der Waals surface area (Å²) < 4.78 is 39.4. The van der Waals surface area contributed by atoms with Crippen molar-refractivity contribution >= 4 is 29.1 Å². The molecule has 0 heterocycles. The van der Waals surface area contributed by atoms with Gasteiger partial charge in [0.1, 0.15) is 0 Å². The van der Waals surface area contributed by atoms with Crippen molar-refractivity contribution < 1.29 is 22.8 Å². The van der Waals surface area contributed by atoms with Crippen molar-refractivity contribution in [3.8, 4) is 0 Å². The van der Waals surface area contributed by atoms with E-state index >= 15 is 0 Å². The van der Waals surface area contributed by atoms with E-state index in [0.717, 1.165) is 11.6 Å². The maximum atomic E-state index is 13.5. The molecule has 0 spiro atoms. The first-order chi connectivity index (χ1) is 11.3. The maximum absolute atomic E-state index is 13.5. The van der Waals surface area contributed by atoms with Crippen LogP contribution in [0.1, 0.15) is 15.9 Å². The van der Waals surface area contributed by atoms with Crippen LogP contribution in [-0.4, -0.2) is 18.4 Å². The second kappa shape index (κ2) is 7.35. The van der Waals surface area contributed by atoms with Gasteiger partial charge in [-0.05, 0) is 36.8 Å². The molecule has 0 fully saturated rings. The van der Waals surface area contributed by atoms with Crippen LogP contribution in [0.25, 0.3) is 0 Å². The highest BCUT2D eigenvalue weighted by atomic mass is 35.5. The minimum Gasteiger partial charge on any atom is -0.343 e. The van der Waals surface area contributed by atoms with Gasteiger partial charge in [-0.1, -0.05) is 17.7 Å². The number of amides is 2. The van der Waals surface area contributed by atoms with E-state index in [-0.39, 0.29) is 0 Å². The molecule has 2 amide bonds. The number of carbonyl (C=O) groups is 2. The maximum Gasteiger partial charge on any atom is 0.254 e. The number of anilines is 1. The number of aryl methyl sites for hydroxylation is 1. The van der Waals surface area contributed by atoms with E-state index in [1.54, 1.807) is 19.1 Å². The largest absolute Gasteiger partial charge is 0.343 e. The van der Waals surface area contributed by atoms with Gasteiger partial charge in [-0.2, -0.15) is 0 Å². The van der Waals surface area contributed by atoms with Crippen LogP contribution in [0.4, 0.5) is 18.9 Å². The average molecular weight is 357 g/mol. The predicted octanol–water partition coefficient (Wildman–Crippen LogP) is 3.43. The number of rotatable bonds is 4. The Bertz CT molecular complexity index is 812. The zero-order valence-electron chi connectivity index (χ0n) is 12.4. The lowest BCUT2D eigenvalue weighted by Crippen LogP contribution is -2.33. The van der Waals surface area contributed by atoms with Crippen LogP contribution in [-0.2, 0) is 4.79 Å². The van der Waals surface area contributed by atoms with Gasteiger partial charge in [-0.15, -0.1) is 0 Å². The van der Waals surface area contributed by atoms with Crippen LogP contribution in [0.3, 0.4) is 0 Å². The Labute approximate surface area is 140 Å². The fraction of sp³-hybridized carbons (Fsp3) is 0.125. The molecule has 126 valence electrons. The smallest absolute Gasteiger partial charge is 0.254 e. The third-order valence-corrected chi connectivity index (χ3v) is 3.55. The summed E-state index contributed by atoms with van der Waals surface area (Å²) in [7, 11) is 0. The Morgan fingerprint density at radius 1 is 1.08 bits per heavy atom. The Morgan fingerprint density at radius 2 is 1.79 bits per heavy atom. The van der Waals surface area contributed by atoms with Gasteiger partial charge < -0.3 is 10.6 Å². The third kappa shape index (κ3) is 4.05. The van der Waals surface area contributed by atoms with E-state index in [4.69, 9.17) is 11.6 Å². The minimum absolute atomic E-state index is 0.420. The summed E-state index contributed by atoms with van der Waals surface area (Å²) in [5, 5.41) is 5.06. The highest BCUT2D eigenvalue weighted by Crippen LogP contribution is 2.19.